The van der Waals surface area contributed by atoms with Gasteiger partial charge in [0.1, 0.15) is 5.60 Å². The van der Waals surface area contributed by atoms with E-state index in [2.05, 4.69) is 5.32 Å². The molecular formula is C18H22N2O2. The van der Waals surface area contributed by atoms with E-state index in [9.17, 15) is 9.90 Å². The number of nitrogens with one attached hydrogen (secondary N) is 1. The Morgan fingerprint density at radius 2 is 1.82 bits per heavy atom. The lowest BCUT2D eigenvalue weighted by Gasteiger charge is -2.24. The van der Waals surface area contributed by atoms with E-state index in [1.54, 1.807) is 13.0 Å². The van der Waals surface area contributed by atoms with Crippen molar-refractivity contribution in [2.24, 2.45) is 0 Å². The van der Waals surface area contributed by atoms with Crippen LogP contribution in [0.15, 0.2) is 54.6 Å². The highest BCUT2D eigenvalue weighted by atomic mass is 16.3. The summed E-state index contributed by atoms with van der Waals surface area (Å²) in [5.74, 6) is -0.195. The molecule has 0 aromatic heterocycles. The van der Waals surface area contributed by atoms with Gasteiger partial charge in [0.05, 0.1) is 6.54 Å². The van der Waals surface area contributed by atoms with E-state index in [-0.39, 0.29) is 12.5 Å². The molecule has 0 aliphatic heterocycles. The van der Waals surface area contributed by atoms with Gasteiger partial charge in [-0.3, -0.25) is 4.79 Å². The minimum Gasteiger partial charge on any atom is -0.384 e. The predicted molar refractivity (Wildman–Crippen MR) is 89.1 cm³/mol. The van der Waals surface area contributed by atoms with Crippen LogP contribution in [0.2, 0.25) is 0 Å². The van der Waals surface area contributed by atoms with Crippen molar-refractivity contribution in [2.45, 2.75) is 12.5 Å². The molecule has 1 unspecified atom stereocenters. The minimum atomic E-state index is -1.10. The fraction of sp³-hybridized carbons (Fsp3) is 0.278. The number of benzene rings is 2. The normalized spacial score (nSPS) is 13.3. The molecule has 0 saturated heterocycles. The van der Waals surface area contributed by atoms with Crippen LogP contribution in [0.25, 0.3) is 0 Å². The Labute approximate surface area is 131 Å². The van der Waals surface area contributed by atoms with Crippen LogP contribution in [-0.2, 0) is 5.60 Å². The Kier molecular flexibility index (Phi) is 4.83. The quantitative estimate of drug-likeness (QED) is 0.891. The van der Waals surface area contributed by atoms with Crippen LogP contribution in [0.3, 0.4) is 0 Å². The number of carbonyl (C=O) groups excluding carboxylic acids is 1. The number of anilines is 1. The summed E-state index contributed by atoms with van der Waals surface area (Å²) in [6.45, 7) is 1.85. The van der Waals surface area contributed by atoms with Gasteiger partial charge in [0.15, 0.2) is 0 Å². The molecule has 0 aliphatic rings. The molecule has 22 heavy (non-hydrogen) atoms. The zero-order valence-corrected chi connectivity index (χ0v) is 13.2. The summed E-state index contributed by atoms with van der Waals surface area (Å²) in [7, 11) is 3.86. The molecule has 0 spiro atoms. The van der Waals surface area contributed by atoms with Crippen LogP contribution in [0.4, 0.5) is 5.69 Å². The first kappa shape index (κ1) is 16.0. The van der Waals surface area contributed by atoms with Crippen LogP contribution in [0.5, 0.6) is 0 Å². The molecule has 2 rings (SSSR count). The Morgan fingerprint density at radius 1 is 1.14 bits per heavy atom. The third kappa shape index (κ3) is 3.86. The highest BCUT2D eigenvalue weighted by Gasteiger charge is 2.23. The van der Waals surface area contributed by atoms with Gasteiger partial charge in [0, 0.05) is 25.3 Å². The fourth-order valence-electron chi connectivity index (χ4n) is 2.18. The van der Waals surface area contributed by atoms with Gasteiger partial charge in [-0.25, -0.2) is 0 Å². The van der Waals surface area contributed by atoms with Crippen molar-refractivity contribution in [2.75, 3.05) is 25.5 Å². The van der Waals surface area contributed by atoms with Crippen LogP contribution in [-0.4, -0.2) is 31.7 Å². The number of hydrogen-bond donors (Lipinski definition) is 2. The zero-order chi connectivity index (χ0) is 16.2. The Hall–Kier alpha value is -2.33. The molecular weight excluding hydrogens is 276 g/mol. The second kappa shape index (κ2) is 6.62. The van der Waals surface area contributed by atoms with Gasteiger partial charge in [-0.15, -0.1) is 0 Å². The van der Waals surface area contributed by atoms with Crippen LogP contribution in [0.1, 0.15) is 22.8 Å². The average molecular weight is 298 g/mol. The summed E-state index contributed by atoms with van der Waals surface area (Å²) in [6.07, 6.45) is 0. The van der Waals surface area contributed by atoms with Crippen molar-refractivity contribution in [3.05, 3.63) is 65.7 Å². The number of carbonyl (C=O) groups is 1. The number of aliphatic hydroxyl groups is 1. The van der Waals surface area contributed by atoms with Crippen LogP contribution < -0.4 is 10.2 Å². The van der Waals surface area contributed by atoms with E-state index in [1.165, 1.54) is 0 Å². The van der Waals surface area contributed by atoms with E-state index < -0.39 is 5.60 Å². The number of rotatable bonds is 5. The lowest BCUT2D eigenvalue weighted by Crippen LogP contribution is -2.38. The SMILES string of the molecule is CN(C)c1cccc(C(=O)NCC(C)(O)c2ccccc2)c1. The number of amides is 1. The average Bonchev–Trinajstić information content (AvgIpc) is 2.53. The molecule has 116 valence electrons. The summed E-state index contributed by atoms with van der Waals surface area (Å²) in [6, 6.07) is 16.7. The first-order chi connectivity index (χ1) is 10.4. The molecule has 4 nitrogen and oxygen atoms in total. The minimum absolute atomic E-state index is 0.155. The summed E-state index contributed by atoms with van der Waals surface area (Å²) >= 11 is 0. The third-order valence-corrected chi connectivity index (χ3v) is 3.61. The van der Waals surface area contributed by atoms with E-state index in [4.69, 9.17) is 0 Å². The molecule has 1 amide bonds. The lowest BCUT2D eigenvalue weighted by molar-refractivity contribution is 0.0526. The summed E-state index contributed by atoms with van der Waals surface area (Å²) in [5.41, 5.74) is 1.21. The number of hydrogen-bond acceptors (Lipinski definition) is 3. The molecule has 0 heterocycles. The lowest BCUT2D eigenvalue weighted by atomic mass is 9.96. The first-order valence-electron chi connectivity index (χ1n) is 7.23. The van der Waals surface area contributed by atoms with Crippen molar-refractivity contribution in [1.82, 2.24) is 5.32 Å². The second-order valence-corrected chi connectivity index (χ2v) is 5.77. The second-order valence-electron chi connectivity index (χ2n) is 5.77. The molecule has 1 atom stereocenters. The van der Waals surface area contributed by atoms with Crippen molar-refractivity contribution in [3.8, 4) is 0 Å². The molecule has 2 aromatic carbocycles. The molecule has 0 fully saturated rings. The van der Waals surface area contributed by atoms with Gasteiger partial charge in [0.25, 0.3) is 5.91 Å². The maximum Gasteiger partial charge on any atom is 0.251 e. The monoisotopic (exact) mass is 298 g/mol. The van der Waals surface area contributed by atoms with Crippen LogP contribution in [0, 0.1) is 0 Å². The molecule has 0 aliphatic carbocycles. The zero-order valence-electron chi connectivity index (χ0n) is 13.2. The Balaban J connectivity index is 2.05. The van der Waals surface area contributed by atoms with Gasteiger partial charge in [0.2, 0.25) is 0 Å². The van der Waals surface area contributed by atoms with E-state index >= 15 is 0 Å². The Morgan fingerprint density at radius 3 is 2.45 bits per heavy atom. The molecule has 2 aromatic rings. The molecule has 2 N–H and O–H groups in total. The molecule has 0 saturated carbocycles. The van der Waals surface area contributed by atoms with Gasteiger partial charge in [-0.2, -0.15) is 0 Å². The summed E-state index contributed by atoms with van der Waals surface area (Å²) in [5, 5.41) is 13.3. The molecule has 0 radical (unpaired) electrons. The van der Waals surface area contributed by atoms with Crippen molar-refractivity contribution in [3.63, 3.8) is 0 Å². The Bertz CT molecular complexity index is 637. The van der Waals surface area contributed by atoms with Crippen molar-refractivity contribution in [1.29, 1.82) is 0 Å². The summed E-state index contributed by atoms with van der Waals surface area (Å²) in [4.78, 5) is 14.2. The summed E-state index contributed by atoms with van der Waals surface area (Å²) < 4.78 is 0. The van der Waals surface area contributed by atoms with Gasteiger partial charge in [-0.1, -0.05) is 36.4 Å². The topological polar surface area (TPSA) is 52.6 Å². The predicted octanol–water partition coefficient (Wildman–Crippen LogP) is 2.39. The van der Waals surface area contributed by atoms with Crippen molar-refractivity contribution < 1.29 is 9.90 Å². The fourth-order valence-corrected chi connectivity index (χ4v) is 2.18. The van der Waals surface area contributed by atoms with Gasteiger partial charge >= 0.3 is 0 Å². The maximum atomic E-state index is 12.3. The van der Waals surface area contributed by atoms with E-state index in [0.717, 1.165) is 11.3 Å². The van der Waals surface area contributed by atoms with Crippen molar-refractivity contribution >= 4 is 11.6 Å². The van der Waals surface area contributed by atoms with Crippen LogP contribution >= 0.6 is 0 Å². The highest BCUT2D eigenvalue weighted by Crippen LogP contribution is 2.19. The molecule has 4 heteroatoms. The largest absolute Gasteiger partial charge is 0.384 e. The van der Waals surface area contributed by atoms with Gasteiger partial charge < -0.3 is 15.3 Å². The smallest absolute Gasteiger partial charge is 0.251 e. The molecule has 0 bridgehead atoms. The van der Waals surface area contributed by atoms with Gasteiger partial charge in [-0.05, 0) is 30.7 Å². The third-order valence-electron chi connectivity index (χ3n) is 3.61. The van der Waals surface area contributed by atoms with E-state index in [1.807, 2.05) is 67.5 Å². The van der Waals surface area contributed by atoms with E-state index in [0.29, 0.717) is 5.56 Å². The first-order valence-corrected chi connectivity index (χ1v) is 7.23. The number of nitrogens with zero attached hydrogens (tertiary/aromatic N) is 1. The maximum absolute atomic E-state index is 12.3. The highest BCUT2D eigenvalue weighted by molar-refractivity contribution is 5.95. The standard InChI is InChI=1S/C18H22N2O2/c1-18(22,15-9-5-4-6-10-15)13-19-17(21)14-8-7-11-16(12-14)20(2)3/h4-12,22H,13H2,1-3H3,(H,19,21).